The van der Waals surface area contributed by atoms with Gasteiger partial charge in [0.25, 0.3) is 5.91 Å². The van der Waals surface area contributed by atoms with Gasteiger partial charge in [-0.05, 0) is 49.6 Å². The zero-order valence-corrected chi connectivity index (χ0v) is 18.0. The van der Waals surface area contributed by atoms with Gasteiger partial charge in [0.1, 0.15) is 17.6 Å². The number of nitrogens with zero attached hydrogens (tertiary/aromatic N) is 2. The van der Waals surface area contributed by atoms with Crippen LogP contribution >= 0.6 is 0 Å². The van der Waals surface area contributed by atoms with Crippen LogP contribution in [0.1, 0.15) is 24.0 Å². The number of amides is 1. The van der Waals surface area contributed by atoms with Gasteiger partial charge >= 0.3 is 12.1 Å². The summed E-state index contributed by atoms with van der Waals surface area (Å²) >= 11 is 0. The number of ether oxygens (including phenoxy) is 1. The number of anilines is 1. The van der Waals surface area contributed by atoms with Gasteiger partial charge in [-0.2, -0.15) is 13.2 Å². The van der Waals surface area contributed by atoms with E-state index in [1.54, 1.807) is 13.0 Å². The normalized spacial score (nSPS) is 18.5. The Morgan fingerprint density at radius 3 is 2.58 bits per heavy atom. The fourth-order valence-corrected chi connectivity index (χ4v) is 3.43. The van der Waals surface area contributed by atoms with E-state index in [1.807, 2.05) is 0 Å². The van der Waals surface area contributed by atoms with E-state index >= 15 is 0 Å². The highest BCUT2D eigenvalue weighted by Gasteiger charge is 2.31. The maximum atomic E-state index is 12.8. The minimum Gasteiger partial charge on any atom is -0.507 e. The number of aromatic nitrogens is 2. The number of piperidine rings is 1. The molecule has 0 unspecified atom stereocenters. The predicted octanol–water partition coefficient (Wildman–Crippen LogP) is 2.00. The molecule has 2 atom stereocenters. The average Bonchev–Trinajstić information content (AvgIpc) is 2.77. The molecule has 1 saturated heterocycles. The van der Waals surface area contributed by atoms with Gasteiger partial charge < -0.3 is 25.8 Å². The van der Waals surface area contributed by atoms with Crippen LogP contribution in [-0.2, 0) is 20.5 Å². The third-order valence-corrected chi connectivity index (χ3v) is 5.24. The summed E-state index contributed by atoms with van der Waals surface area (Å²) in [7, 11) is 1.45. The van der Waals surface area contributed by atoms with Gasteiger partial charge in [-0.3, -0.25) is 9.59 Å². The summed E-state index contributed by atoms with van der Waals surface area (Å²) in [5, 5.41) is 26.8. The number of aromatic hydroxyl groups is 1. The SMILES string of the molecule is CNC(=O)COC(=O)[C@@H]1CC[C@@H](Nc2cc(C)c(-c3ccc(C(F)(F)F)cc3O)nn2)CN1. The van der Waals surface area contributed by atoms with Crippen molar-refractivity contribution in [3.05, 3.63) is 35.4 Å². The lowest BCUT2D eigenvalue weighted by atomic mass is 10.0. The first kappa shape index (κ1) is 24.2. The second-order valence-electron chi connectivity index (χ2n) is 7.65. The molecule has 0 saturated carbocycles. The first-order valence-electron chi connectivity index (χ1n) is 10.2. The summed E-state index contributed by atoms with van der Waals surface area (Å²) in [6.45, 7) is 1.83. The first-order chi connectivity index (χ1) is 15.6. The van der Waals surface area contributed by atoms with Crippen molar-refractivity contribution in [2.45, 2.75) is 38.0 Å². The molecule has 0 radical (unpaired) electrons. The van der Waals surface area contributed by atoms with Gasteiger partial charge in [0.05, 0.1) is 11.3 Å². The fraction of sp³-hybridized carbons (Fsp3) is 0.429. The molecule has 1 aromatic heterocycles. The molecule has 3 rings (SSSR count). The lowest BCUT2D eigenvalue weighted by molar-refractivity contribution is -0.151. The number of phenolic OH excluding ortho intramolecular Hbond substituents is 1. The van der Waals surface area contributed by atoms with E-state index in [2.05, 4.69) is 26.1 Å². The molecule has 0 aliphatic carbocycles. The molecule has 0 bridgehead atoms. The Labute approximate surface area is 187 Å². The van der Waals surface area contributed by atoms with Crippen molar-refractivity contribution in [2.75, 3.05) is 25.5 Å². The Morgan fingerprint density at radius 2 is 2.00 bits per heavy atom. The van der Waals surface area contributed by atoms with E-state index in [9.17, 15) is 27.9 Å². The monoisotopic (exact) mass is 467 g/mol. The van der Waals surface area contributed by atoms with Crippen LogP contribution in [0.3, 0.4) is 0 Å². The van der Waals surface area contributed by atoms with E-state index in [0.717, 1.165) is 12.1 Å². The number of hydrogen-bond donors (Lipinski definition) is 4. The van der Waals surface area contributed by atoms with Crippen LogP contribution in [0.2, 0.25) is 0 Å². The van der Waals surface area contributed by atoms with Crippen LogP contribution in [0.15, 0.2) is 24.3 Å². The third kappa shape index (κ3) is 6.09. The largest absolute Gasteiger partial charge is 0.507 e. The molecule has 2 heterocycles. The Kier molecular flexibility index (Phi) is 7.36. The van der Waals surface area contributed by atoms with Gasteiger partial charge in [-0.15, -0.1) is 10.2 Å². The molecule has 12 heteroatoms. The third-order valence-electron chi connectivity index (χ3n) is 5.24. The summed E-state index contributed by atoms with van der Waals surface area (Å²) in [5.41, 5.74) is 0.0831. The van der Waals surface area contributed by atoms with E-state index < -0.39 is 29.5 Å². The van der Waals surface area contributed by atoms with Crippen molar-refractivity contribution in [1.82, 2.24) is 20.8 Å². The smallest absolute Gasteiger partial charge is 0.416 e. The second-order valence-corrected chi connectivity index (χ2v) is 7.65. The molecule has 1 aliphatic rings. The Morgan fingerprint density at radius 1 is 1.24 bits per heavy atom. The van der Waals surface area contributed by atoms with Gasteiger partial charge in [-0.1, -0.05) is 0 Å². The lowest BCUT2D eigenvalue weighted by Crippen LogP contribution is -2.49. The van der Waals surface area contributed by atoms with E-state index in [1.165, 1.54) is 7.05 Å². The summed E-state index contributed by atoms with van der Waals surface area (Å²) in [6, 6.07) is 3.83. The predicted molar refractivity (Wildman–Crippen MR) is 112 cm³/mol. The topological polar surface area (TPSA) is 125 Å². The van der Waals surface area contributed by atoms with Crippen molar-refractivity contribution in [3.63, 3.8) is 0 Å². The summed E-state index contributed by atoms with van der Waals surface area (Å²) in [6.07, 6.45) is -3.43. The number of hydrogen-bond acceptors (Lipinski definition) is 8. The molecule has 1 fully saturated rings. The molecule has 1 aliphatic heterocycles. The van der Waals surface area contributed by atoms with Gasteiger partial charge in [0.15, 0.2) is 6.61 Å². The van der Waals surface area contributed by atoms with Crippen LogP contribution < -0.4 is 16.0 Å². The number of likely N-dealkylation sites (N-methyl/N-ethyl adjacent to an activating group) is 1. The minimum atomic E-state index is -4.56. The molecule has 9 nitrogen and oxygen atoms in total. The Bertz CT molecular complexity index is 1020. The molecule has 33 heavy (non-hydrogen) atoms. The average molecular weight is 467 g/mol. The zero-order valence-electron chi connectivity index (χ0n) is 18.0. The number of esters is 1. The van der Waals surface area contributed by atoms with Crippen molar-refractivity contribution < 1.29 is 32.6 Å². The van der Waals surface area contributed by atoms with Crippen LogP contribution in [0, 0.1) is 6.92 Å². The van der Waals surface area contributed by atoms with Crippen molar-refractivity contribution in [2.24, 2.45) is 0 Å². The molecular weight excluding hydrogens is 443 g/mol. The number of rotatable bonds is 6. The fourth-order valence-electron chi connectivity index (χ4n) is 3.43. The number of carbonyl (C=O) groups excluding carboxylic acids is 2. The molecule has 2 aromatic rings. The van der Waals surface area contributed by atoms with E-state index in [4.69, 9.17) is 4.74 Å². The number of halogens is 3. The van der Waals surface area contributed by atoms with E-state index in [0.29, 0.717) is 36.8 Å². The standard InChI is InChI=1S/C21H24F3N5O4/c1-11-7-17(27-13-4-6-15(26-9-13)20(32)33-10-18(31)25-2)28-29-19(11)14-5-3-12(8-16(14)30)21(22,23)24/h3,5,7-8,13,15,26,30H,4,6,9-10H2,1-2H3,(H,25,31)(H,27,28)/t13-,15+/m1/s1. The lowest BCUT2D eigenvalue weighted by Gasteiger charge is -2.29. The molecule has 178 valence electrons. The number of alkyl halides is 3. The highest BCUT2D eigenvalue weighted by atomic mass is 19.4. The Balaban J connectivity index is 1.59. The van der Waals surface area contributed by atoms with Crippen molar-refractivity contribution in [1.29, 1.82) is 0 Å². The molecule has 4 N–H and O–H groups in total. The maximum Gasteiger partial charge on any atom is 0.416 e. The van der Waals surface area contributed by atoms with Gasteiger partial charge in [0, 0.05) is 25.2 Å². The number of nitrogens with one attached hydrogen (secondary N) is 3. The molecule has 0 spiro atoms. The highest BCUT2D eigenvalue weighted by Crippen LogP contribution is 2.36. The maximum absolute atomic E-state index is 12.8. The highest BCUT2D eigenvalue weighted by molar-refractivity contribution is 5.82. The molecule has 1 amide bonds. The summed E-state index contributed by atoms with van der Waals surface area (Å²) in [4.78, 5) is 23.2. The van der Waals surface area contributed by atoms with E-state index in [-0.39, 0.29) is 29.8 Å². The van der Waals surface area contributed by atoms with Crippen LogP contribution in [0.25, 0.3) is 11.3 Å². The molecular formula is C21H24F3N5O4. The van der Waals surface area contributed by atoms with Crippen LogP contribution in [-0.4, -0.2) is 59.5 Å². The first-order valence-corrected chi connectivity index (χ1v) is 10.2. The van der Waals surface area contributed by atoms with Crippen LogP contribution in [0.4, 0.5) is 19.0 Å². The number of phenols is 1. The van der Waals surface area contributed by atoms with Crippen molar-refractivity contribution in [3.8, 4) is 17.0 Å². The van der Waals surface area contributed by atoms with Crippen LogP contribution in [0.5, 0.6) is 5.75 Å². The number of carbonyl (C=O) groups is 2. The summed E-state index contributed by atoms with van der Waals surface area (Å²) in [5.74, 6) is -0.960. The van der Waals surface area contributed by atoms with Gasteiger partial charge in [-0.25, -0.2) is 0 Å². The zero-order chi connectivity index (χ0) is 24.2. The second kappa shape index (κ2) is 10.0. The summed E-state index contributed by atoms with van der Waals surface area (Å²) < 4.78 is 43.4. The Hall–Kier alpha value is -3.41. The van der Waals surface area contributed by atoms with Gasteiger partial charge in [0.2, 0.25) is 0 Å². The number of benzene rings is 1. The number of aryl methyl sites for hydroxylation is 1. The molecule has 1 aromatic carbocycles. The quantitative estimate of drug-likeness (QED) is 0.476. The minimum absolute atomic E-state index is 0.0491. The van der Waals surface area contributed by atoms with Crippen molar-refractivity contribution >= 4 is 17.7 Å².